The molecular weight excluding hydrogens is 410 g/mol. The van der Waals surface area contributed by atoms with Crippen molar-refractivity contribution in [1.82, 2.24) is 15.0 Å². The quantitative estimate of drug-likeness (QED) is 0.278. The largest absolute Gasteiger partial charge is 0.508 e. The molecule has 2 aromatic heterocycles. The van der Waals surface area contributed by atoms with Gasteiger partial charge in [-0.1, -0.05) is 6.07 Å². The second-order valence-electron chi connectivity index (χ2n) is 7.13. The minimum atomic E-state index is -0.0258. The monoisotopic (exact) mass is 429 g/mol. The Labute approximate surface area is 182 Å². The van der Waals surface area contributed by atoms with Crippen LogP contribution in [0.2, 0.25) is 0 Å². The molecule has 1 amide bonds. The van der Waals surface area contributed by atoms with Gasteiger partial charge in [0.1, 0.15) is 11.5 Å². The van der Waals surface area contributed by atoms with E-state index in [1.165, 1.54) is 0 Å². The van der Waals surface area contributed by atoms with E-state index in [0.29, 0.717) is 36.5 Å². The van der Waals surface area contributed by atoms with E-state index in [9.17, 15) is 9.90 Å². The third-order valence-corrected chi connectivity index (χ3v) is 4.75. The average Bonchev–Trinajstić information content (AvgIpc) is 3.42. The summed E-state index contributed by atoms with van der Waals surface area (Å²) in [6, 6.07) is 15.8. The number of rotatable bonds is 7. The van der Waals surface area contributed by atoms with E-state index in [4.69, 9.17) is 4.42 Å². The minimum absolute atomic E-state index is 0.0258. The highest BCUT2D eigenvalue weighted by Crippen LogP contribution is 2.28. The molecule has 0 unspecified atom stereocenters. The van der Waals surface area contributed by atoms with E-state index >= 15 is 0 Å². The summed E-state index contributed by atoms with van der Waals surface area (Å²) in [6.07, 6.45) is 1.98. The number of aromatic nitrogens is 3. The minimum Gasteiger partial charge on any atom is -0.508 e. The fourth-order valence-corrected chi connectivity index (χ4v) is 3.24. The number of furan rings is 1. The molecule has 4 aromatic rings. The van der Waals surface area contributed by atoms with Crippen LogP contribution in [0.3, 0.4) is 0 Å². The van der Waals surface area contributed by atoms with E-state index in [-0.39, 0.29) is 11.7 Å². The maximum absolute atomic E-state index is 11.6. The highest BCUT2D eigenvalue weighted by atomic mass is 16.3. The van der Waals surface area contributed by atoms with Crippen molar-refractivity contribution in [3.8, 4) is 5.75 Å². The fourth-order valence-electron chi connectivity index (χ4n) is 3.24. The Morgan fingerprint density at radius 1 is 0.938 bits per heavy atom. The lowest BCUT2D eigenvalue weighted by Crippen LogP contribution is -2.09. The standard InChI is InChI=1S/C22H19N7O3/c30-16-7-5-14(6-8-16)24-21-27-20(23-12-17-2-1-9-32-17)28-22(29-21)25-15-4-3-13-10-19(31)26-18(13)11-15/h1-9,11,30H,10,12H2,(H,26,31)(H3,23,24,25,27,28,29). The van der Waals surface area contributed by atoms with Gasteiger partial charge in [-0.05, 0) is 54.1 Å². The summed E-state index contributed by atoms with van der Waals surface area (Å²) >= 11 is 0. The lowest BCUT2D eigenvalue weighted by atomic mass is 10.1. The molecule has 160 valence electrons. The van der Waals surface area contributed by atoms with E-state index in [1.54, 1.807) is 30.5 Å². The van der Waals surface area contributed by atoms with Gasteiger partial charge in [0.05, 0.1) is 19.2 Å². The summed E-state index contributed by atoms with van der Waals surface area (Å²) in [5.41, 5.74) is 3.15. The molecule has 0 saturated heterocycles. The molecule has 5 N–H and O–H groups in total. The van der Waals surface area contributed by atoms with Gasteiger partial charge in [0.15, 0.2) is 0 Å². The van der Waals surface area contributed by atoms with Crippen molar-refractivity contribution in [1.29, 1.82) is 0 Å². The summed E-state index contributed by atoms with van der Waals surface area (Å²) < 4.78 is 5.35. The summed E-state index contributed by atoms with van der Waals surface area (Å²) in [5.74, 6) is 1.84. The zero-order chi connectivity index (χ0) is 21.9. The molecule has 1 aliphatic rings. The smallest absolute Gasteiger partial charge is 0.233 e. The van der Waals surface area contributed by atoms with E-state index in [2.05, 4.69) is 36.2 Å². The molecule has 5 rings (SSSR count). The van der Waals surface area contributed by atoms with Crippen LogP contribution in [0.5, 0.6) is 5.75 Å². The van der Waals surface area contributed by atoms with Crippen LogP contribution in [0.25, 0.3) is 0 Å². The Balaban J connectivity index is 1.40. The Morgan fingerprint density at radius 2 is 1.66 bits per heavy atom. The summed E-state index contributed by atoms with van der Waals surface area (Å²) in [5, 5.41) is 21.7. The van der Waals surface area contributed by atoms with Crippen molar-refractivity contribution in [3.05, 3.63) is 72.2 Å². The number of anilines is 6. The van der Waals surface area contributed by atoms with Gasteiger partial charge in [0, 0.05) is 17.1 Å². The fraction of sp³-hybridized carbons (Fsp3) is 0.0909. The molecule has 0 bridgehead atoms. The van der Waals surface area contributed by atoms with Gasteiger partial charge < -0.3 is 30.8 Å². The number of benzene rings is 2. The molecule has 0 fully saturated rings. The molecule has 0 atom stereocenters. The highest BCUT2D eigenvalue weighted by molar-refractivity contribution is 5.99. The lowest BCUT2D eigenvalue weighted by Gasteiger charge is -2.12. The van der Waals surface area contributed by atoms with Gasteiger partial charge in [0.2, 0.25) is 23.8 Å². The molecule has 2 aromatic carbocycles. The molecule has 0 radical (unpaired) electrons. The lowest BCUT2D eigenvalue weighted by molar-refractivity contribution is -0.115. The number of carbonyl (C=O) groups is 1. The third-order valence-electron chi connectivity index (χ3n) is 4.75. The van der Waals surface area contributed by atoms with Crippen LogP contribution in [0, 0.1) is 0 Å². The Morgan fingerprint density at radius 3 is 2.41 bits per heavy atom. The molecule has 10 heteroatoms. The number of nitrogens with zero attached hydrogens (tertiary/aromatic N) is 3. The maximum atomic E-state index is 11.6. The van der Waals surface area contributed by atoms with Gasteiger partial charge >= 0.3 is 0 Å². The van der Waals surface area contributed by atoms with Crippen LogP contribution in [0.1, 0.15) is 11.3 Å². The van der Waals surface area contributed by atoms with Crippen molar-refractivity contribution in [2.45, 2.75) is 13.0 Å². The van der Waals surface area contributed by atoms with Gasteiger partial charge in [-0.3, -0.25) is 4.79 Å². The zero-order valence-electron chi connectivity index (χ0n) is 16.8. The zero-order valence-corrected chi connectivity index (χ0v) is 16.8. The average molecular weight is 429 g/mol. The number of fused-ring (bicyclic) bond motifs is 1. The molecule has 32 heavy (non-hydrogen) atoms. The Bertz CT molecular complexity index is 1260. The van der Waals surface area contributed by atoms with Gasteiger partial charge in [0.25, 0.3) is 0 Å². The number of phenolic OH excluding ortho intramolecular Hbond substituents is 1. The van der Waals surface area contributed by atoms with Crippen molar-refractivity contribution >= 4 is 40.8 Å². The number of amides is 1. The van der Waals surface area contributed by atoms with Gasteiger partial charge in [-0.25, -0.2) is 0 Å². The number of nitrogens with one attached hydrogen (secondary N) is 4. The van der Waals surface area contributed by atoms with Gasteiger partial charge in [-0.15, -0.1) is 0 Å². The normalized spacial score (nSPS) is 12.2. The predicted octanol–water partition coefficient (Wildman–Crippen LogP) is 3.76. The van der Waals surface area contributed by atoms with Crippen LogP contribution in [-0.2, 0) is 17.8 Å². The Kier molecular flexibility index (Phi) is 5.00. The maximum Gasteiger partial charge on any atom is 0.233 e. The second kappa shape index (κ2) is 8.26. The molecule has 1 aliphatic heterocycles. The SMILES string of the molecule is O=C1Cc2ccc(Nc3nc(NCc4ccco4)nc(Nc4ccc(O)cc4)n3)cc2N1. The highest BCUT2D eigenvalue weighted by Gasteiger charge is 2.18. The molecule has 3 heterocycles. The van der Waals surface area contributed by atoms with Crippen molar-refractivity contribution in [2.24, 2.45) is 0 Å². The summed E-state index contributed by atoms with van der Waals surface area (Å²) in [7, 11) is 0. The number of hydrogen-bond donors (Lipinski definition) is 5. The molecule has 0 saturated carbocycles. The van der Waals surface area contributed by atoms with Crippen molar-refractivity contribution in [2.75, 3.05) is 21.3 Å². The van der Waals surface area contributed by atoms with E-state index < -0.39 is 0 Å². The van der Waals surface area contributed by atoms with Crippen LogP contribution in [0.15, 0.2) is 65.3 Å². The van der Waals surface area contributed by atoms with Crippen molar-refractivity contribution < 1.29 is 14.3 Å². The summed E-state index contributed by atoms with van der Waals surface area (Å²) in [4.78, 5) is 24.9. The van der Waals surface area contributed by atoms with Gasteiger partial charge in [-0.2, -0.15) is 15.0 Å². The number of aromatic hydroxyl groups is 1. The number of hydrogen-bond acceptors (Lipinski definition) is 9. The topological polar surface area (TPSA) is 137 Å². The molecule has 10 nitrogen and oxygen atoms in total. The first-order chi connectivity index (χ1) is 15.6. The summed E-state index contributed by atoms with van der Waals surface area (Å²) in [6.45, 7) is 0.403. The van der Waals surface area contributed by atoms with Crippen molar-refractivity contribution in [3.63, 3.8) is 0 Å². The first kappa shape index (κ1) is 19.4. The van der Waals surface area contributed by atoms with Crippen LogP contribution < -0.4 is 21.3 Å². The molecular formula is C22H19N7O3. The first-order valence-corrected chi connectivity index (χ1v) is 9.89. The second-order valence-corrected chi connectivity index (χ2v) is 7.13. The van der Waals surface area contributed by atoms with Crippen LogP contribution >= 0.6 is 0 Å². The number of phenols is 1. The van der Waals surface area contributed by atoms with E-state index in [0.717, 1.165) is 22.7 Å². The predicted molar refractivity (Wildman–Crippen MR) is 119 cm³/mol. The first-order valence-electron chi connectivity index (χ1n) is 9.89. The third kappa shape index (κ3) is 4.43. The molecule has 0 spiro atoms. The number of carbonyl (C=O) groups excluding carboxylic acids is 1. The van der Waals surface area contributed by atoms with Crippen LogP contribution in [-0.4, -0.2) is 26.0 Å². The molecule has 0 aliphatic carbocycles. The van der Waals surface area contributed by atoms with E-state index in [1.807, 2.05) is 30.3 Å². The van der Waals surface area contributed by atoms with Crippen LogP contribution in [0.4, 0.5) is 34.9 Å². The Hall–Kier alpha value is -4.60.